The van der Waals surface area contributed by atoms with Gasteiger partial charge in [-0.05, 0) is 23.8 Å². The minimum atomic E-state index is -0.569. The topological polar surface area (TPSA) is 64.4 Å². The maximum Gasteiger partial charge on any atom is 0.340 e. The fraction of sp³-hybridized carbons (Fsp3) is 0.150. The van der Waals surface area contributed by atoms with Crippen molar-refractivity contribution in [2.75, 3.05) is 19.1 Å². The van der Waals surface area contributed by atoms with Gasteiger partial charge < -0.3 is 9.64 Å². The number of hydrogen-bond acceptors (Lipinski definition) is 5. The number of esters is 1. The third-order valence-electron chi connectivity index (χ3n) is 4.21. The van der Waals surface area contributed by atoms with Crippen LogP contribution in [0.5, 0.6) is 0 Å². The van der Waals surface area contributed by atoms with Gasteiger partial charge in [-0.3, -0.25) is 4.79 Å². The van der Waals surface area contributed by atoms with Crippen LogP contribution >= 0.6 is 23.2 Å². The van der Waals surface area contributed by atoms with Crippen LogP contribution in [0.25, 0.3) is 5.69 Å². The molecule has 0 unspecified atom stereocenters. The van der Waals surface area contributed by atoms with Crippen LogP contribution in [-0.2, 0) is 11.3 Å². The number of ether oxygens (including phenoxy) is 1. The Labute approximate surface area is 171 Å². The first-order valence-corrected chi connectivity index (χ1v) is 9.09. The van der Waals surface area contributed by atoms with Crippen LogP contribution in [0, 0.1) is 0 Å². The Hall–Kier alpha value is -2.83. The molecule has 8 heteroatoms. The zero-order valence-corrected chi connectivity index (χ0v) is 16.7. The molecule has 0 aliphatic rings. The summed E-state index contributed by atoms with van der Waals surface area (Å²) in [4.78, 5) is 26.6. The number of rotatable bonds is 5. The molecule has 0 saturated carbocycles. The largest absolute Gasteiger partial charge is 0.465 e. The number of nitrogens with zero attached hydrogens (tertiary/aromatic N) is 3. The summed E-state index contributed by atoms with van der Waals surface area (Å²) in [6.45, 7) is 0.448. The Morgan fingerprint density at radius 3 is 2.54 bits per heavy atom. The second kappa shape index (κ2) is 8.46. The van der Waals surface area contributed by atoms with Gasteiger partial charge in [-0.25, -0.2) is 4.79 Å². The average Bonchev–Trinajstić information content (AvgIpc) is 2.71. The molecule has 0 amide bonds. The highest BCUT2D eigenvalue weighted by molar-refractivity contribution is 6.33. The van der Waals surface area contributed by atoms with Crippen molar-refractivity contribution in [3.05, 3.63) is 86.3 Å². The van der Waals surface area contributed by atoms with E-state index in [2.05, 4.69) is 5.10 Å². The first-order valence-electron chi connectivity index (χ1n) is 8.34. The van der Waals surface area contributed by atoms with E-state index in [0.717, 1.165) is 10.2 Å². The summed E-state index contributed by atoms with van der Waals surface area (Å²) in [5.41, 5.74) is 1.32. The van der Waals surface area contributed by atoms with E-state index in [1.165, 1.54) is 13.3 Å². The molecule has 0 atom stereocenters. The maximum atomic E-state index is 12.8. The van der Waals surface area contributed by atoms with E-state index in [0.29, 0.717) is 22.9 Å². The van der Waals surface area contributed by atoms with Crippen LogP contribution < -0.4 is 10.5 Å². The summed E-state index contributed by atoms with van der Waals surface area (Å²) in [5, 5.41) is 4.82. The zero-order chi connectivity index (χ0) is 20.3. The van der Waals surface area contributed by atoms with E-state index in [1.54, 1.807) is 42.3 Å². The normalized spacial score (nSPS) is 10.6. The number of hydrogen-bond donors (Lipinski definition) is 0. The molecule has 3 rings (SSSR count). The molecule has 0 aliphatic carbocycles. The van der Waals surface area contributed by atoms with E-state index in [4.69, 9.17) is 27.9 Å². The molecule has 6 nitrogen and oxygen atoms in total. The quantitative estimate of drug-likeness (QED) is 0.587. The monoisotopic (exact) mass is 417 g/mol. The molecule has 0 fully saturated rings. The molecule has 1 heterocycles. The van der Waals surface area contributed by atoms with E-state index in [9.17, 15) is 9.59 Å². The highest BCUT2D eigenvalue weighted by Crippen LogP contribution is 2.25. The number of carbonyl (C=O) groups is 1. The highest BCUT2D eigenvalue weighted by Gasteiger charge is 2.19. The number of benzene rings is 2. The second-order valence-corrected chi connectivity index (χ2v) is 6.80. The van der Waals surface area contributed by atoms with Gasteiger partial charge in [0.05, 0.1) is 30.2 Å². The smallest absolute Gasteiger partial charge is 0.340 e. The van der Waals surface area contributed by atoms with Crippen molar-refractivity contribution >= 4 is 34.9 Å². The second-order valence-electron chi connectivity index (χ2n) is 6.02. The third-order valence-corrected chi connectivity index (χ3v) is 4.94. The van der Waals surface area contributed by atoms with Gasteiger partial charge in [0.25, 0.3) is 5.56 Å². The highest BCUT2D eigenvalue weighted by atomic mass is 35.5. The molecule has 1 aromatic heterocycles. The average molecular weight is 418 g/mol. The van der Waals surface area contributed by atoms with E-state index in [1.807, 2.05) is 18.2 Å². The minimum Gasteiger partial charge on any atom is -0.465 e. The van der Waals surface area contributed by atoms with Gasteiger partial charge in [-0.1, -0.05) is 53.5 Å². The lowest BCUT2D eigenvalue weighted by molar-refractivity contribution is 0.0600. The lowest BCUT2D eigenvalue weighted by Crippen LogP contribution is -2.27. The molecule has 2 aromatic carbocycles. The number of halogens is 2. The predicted octanol–water partition coefficient (Wildman–Crippen LogP) is 3.96. The van der Waals surface area contributed by atoms with Gasteiger partial charge >= 0.3 is 5.97 Å². The fourth-order valence-corrected chi connectivity index (χ4v) is 3.24. The van der Waals surface area contributed by atoms with Gasteiger partial charge in [0.2, 0.25) is 0 Å². The molecular formula is C20H17Cl2N3O3. The number of aromatic nitrogens is 2. The van der Waals surface area contributed by atoms with Crippen molar-refractivity contribution in [2.24, 2.45) is 0 Å². The first kappa shape index (κ1) is 19.9. The van der Waals surface area contributed by atoms with Gasteiger partial charge in [0, 0.05) is 18.6 Å². The van der Waals surface area contributed by atoms with Crippen LogP contribution in [0.15, 0.2) is 59.5 Å². The summed E-state index contributed by atoms with van der Waals surface area (Å²) < 4.78 is 5.86. The van der Waals surface area contributed by atoms with Crippen LogP contribution in [0.4, 0.5) is 5.69 Å². The maximum absolute atomic E-state index is 12.8. The van der Waals surface area contributed by atoms with E-state index >= 15 is 0 Å². The molecule has 0 radical (unpaired) electrons. The van der Waals surface area contributed by atoms with Crippen LogP contribution in [0.3, 0.4) is 0 Å². The van der Waals surface area contributed by atoms with Crippen molar-refractivity contribution in [3.8, 4) is 5.69 Å². The SMILES string of the molecule is COC(=O)c1ccccc1-n1ncc(N(C)Cc2ccccc2Cl)c(Cl)c1=O. The van der Waals surface area contributed by atoms with Crippen molar-refractivity contribution in [1.82, 2.24) is 9.78 Å². The van der Waals surface area contributed by atoms with Gasteiger partial charge in [-0.2, -0.15) is 9.78 Å². The molecule has 28 heavy (non-hydrogen) atoms. The molecule has 3 aromatic rings. The van der Waals surface area contributed by atoms with Crippen molar-refractivity contribution in [2.45, 2.75) is 6.54 Å². The molecule has 144 valence electrons. The zero-order valence-electron chi connectivity index (χ0n) is 15.2. The molecule has 0 bridgehead atoms. The summed E-state index contributed by atoms with van der Waals surface area (Å²) in [6.07, 6.45) is 1.48. The van der Waals surface area contributed by atoms with Crippen LogP contribution in [0.2, 0.25) is 10.0 Å². The Morgan fingerprint density at radius 1 is 1.14 bits per heavy atom. The lowest BCUT2D eigenvalue weighted by atomic mass is 10.2. The fourth-order valence-electron chi connectivity index (χ4n) is 2.77. The number of methoxy groups -OCH3 is 1. The number of para-hydroxylation sites is 1. The Morgan fingerprint density at radius 2 is 1.82 bits per heavy atom. The summed E-state index contributed by atoms with van der Waals surface area (Å²) in [7, 11) is 3.06. The van der Waals surface area contributed by atoms with E-state index < -0.39 is 11.5 Å². The number of anilines is 1. The standard InChI is InChI=1S/C20H17Cl2N3O3/c1-24(12-13-7-3-5-9-15(13)21)17-11-23-25(19(26)18(17)22)16-10-6-4-8-14(16)20(27)28-2/h3-11H,12H2,1-2H3. The summed E-state index contributed by atoms with van der Waals surface area (Å²) >= 11 is 12.6. The molecule has 0 saturated heterocycles. The van der Waals surface area contributed by atoms with Crippen molar-refractivity contribution in [3.63, 3.8) is 0 Å². The third kappa shape index (κ3) is 3.88. The van der Waals surface area contributed by atoms with Gasteiger partial charge in [-0.15, -0.1) is 0 Å². The van der Waals surface area contributed by atoms with Crippen LogP contribution in [0.1, 0.15) is 15.9 Å². The van der Waals surface area contributed by atoms with Gasteiger partial charge in [0.15, 0.2) is 0 Å². The van der Waals surface area contributed by atoms with E-state index in [-0.39, 0.29) is 10.6 Å². The summed E-state index contributed by atoms with van der Waals surface area (Å²) in [6, 6.07) is 14.0. The Bertz CT molecular complexity index is 1080. The van der Waals surface area contributed by atoms with Crippen LogP contribution in [-0.4, -0.2) is 29.9 Å². The molecule has 0 spiro atoms. The number of carbonyl (C=O) groups excluding carboxylic acids is 1. The predicted molar refractivity (Wildman–Crippen MR) is 110 cm³/mol. The van der Waals surface area contributed by atoms with Crippen molar-refractivity contribution in [1.29, 1.82) is 0 Å². The molecule has 0 N–H and O–H groups in total. The first-order chi connectivity index (χ1) is 13.4. The molecule has 0 aliphatic heterocycles. The Kier molecular flexibility index (Phi) is 6.02. The summed E-state index contributed by atoms with van der Waals surface area (Å²) in [5.74, 6) is -0.569. The van der Waals surface area contributed by atoms with Gasteiger partial charge in [0.1, 0.15) is 5.02 Å². The van der Waals surface area contributed by atoms with Crippen molar-refractivity contribution < 1.29 is 9.53 Å². The Balaban J connectivity index is 2.00. The lowest BCUT2D eigenvalue weighted by Gasteiger charge is -2.21. The molecular weight excluding hydrogens is 401 g/mol. The minimum absolute atomic E-state index is 0.00998.